The van der Waals surface area contributed by atoms with Crippen LogP contribution in [0.15, 0.2) is 0 Å². The lowest BCUT2D eigenvalue weighted by atomic mass is 9.99. The minimum absolute atomic E-state index is 0.403. The van der Waals surface area contributed by atoms with E-state index in [0.717, 1.165) is 38.7 Å². The summed E-state index contributed by atoms with van der Waals surface area (Å²) >= 11 is 0. The van der Waals surface area contributed by atoms with Gasteiger partial charge in [0.15, 0.2) is 0 Å². The topological polar surface area (TPSA) is 27.7 Å². The largest absolute Gasteiger partial charge is 0.374 e. The van der Waals surface area contributed by atoms with Gasteiger partial charge in [0.1, 0.15) is 0 Å². The smallest absolute Gasteiger partial charge is 0.0829 e. The van der Waals surface area contributed by atoms with Gasteiger partial charge in [0.2, 0.25) is 0 Å². The molecule has 0 aromatic rings. The molecule has 0 saturated carbocycles. The van der Waals surface area contributed by atoms with Crippen LogP contribution in [0, 0.1) is 5.92 Å². The maximum atomic E-state index is 5.87. The number of hydrogen-bond donors (Lipinski definition) is 1. The summed E-state index contributed by atoms with van der Waals surface area (Å²) in [5.41, 5.74) is 0. The summed E-state index contributed by atoms with van der Waals surface area (Å²) in [5.74, 6) is 0.833. The first-order valence-electron chi connectivity index (χ1n) is 7.51. The highest BCUT2D eigenvalue weighted by molar-refractivity contribution is 4.77. The molecule has 4 heteroatoms. The van der Waals surface area contributed by atoms with Crippen LogP contribution in [0.4, 0.5) is 0 Å². The fourth-order valence-electron chi connectivity index (χ4n) is 3.04. The van der Waals surface area contributed by atoms with E-state index >= 15 is 0 Å². The van der Waals surface area contributed by atoms with Crippen molar-refractivity contribution < 1.29 is 4.74 Å². The zero-order valence-corrected chi connectivity index (χ0v) is 12.0. The molecule has 2 heterocycles. The molecule has 1 N–H and O–H groups in total. The van der Waals surface area contributed by atoms with Crippen LogP contribution in [-0.2, 0) is 4.74 Å². The second-order valence-corrected chi connectivity index (χ2v) is 5.82. The molecule has 2 saturated heterocycles. The average molecular weight is 255 g/mol. The van der Waals surface area contributed by atoms with Crippen molar-refractivity contribution in [2.45, 2.75) is 25.9 Å². The molecule has 2 fully saturated rings. The van der Waals surface area contributed by atoms with Crippen LogP contribution in [0.1, 0.15) is 19.8 Å². The number of rotatable bonds is 5. The van der Waals surface area contributed by atoms with Crippen LogP contribution in [0.25, 0.3) is 0 Å². The fraction of sp³-hybridized carbons (Fsp3) is 1.00. The third-order valence-corrected chi connectivity index (χ3v) is 4.17. The van der Waals surface area contributed by atoms with Gasteiger partial charge in [-0.05, 0) is 45.4 Å². The highest BCUT2D eigenvalue weighted by Gasteiger charge is 2.22. The van der Waals surface area contributed by atoms with Gasteiger partial charge in [-0.25, -0.2) is 0 Å². The number of nitrogens with one attached hydrogen (secondary N) is 1. The van der Waals surface area contributed by atoms with E-state index in [2.05, 4.69) is 29.1 Å². The van der Waals surface area contributed by atoms with Crippen molar-refractivity contribution in [1.82, 2.24) is 15.1 Å². The number of nitrogens with zero attached hydrogens (tertiary/aromatic N) is 2. The zero-order chi connectivity index (χ0) is 12.8. The quantitative estimate of drug-likeness (QED) is 0.780. The third-order valence-electron chi connectivity index (χ3n) is 4.17. The summed E-state index contributed by atoms with van der Waals surface area (Å²) in [6, 6.07) is 0. The third kappa shape index (κ3) is 4.50. The van der Waals surface area contributed by atoms with Gasteiger partial charge < -0.3 is 19.9 Å². The maximum Gasteiger partial charge on any atom is 0.0829 e. The van der Waals surface area contributed by atoms with E-state index in [1.807, 2.05) is 0 Å². The van der Waals surface area contributed by atoms with Gasteiger partial charge in [-0.1, -0.05) is 6.92 Å². The molecule has 2 unspecified atom stereocenters. The van der Waals surface area contributed by atoms with Crippen LogP contribution < -0.4 is 5.32 Å². The predicted molar refractivity (Wildman–Crippen MR) is 74.9 cm³/mol. The van der Waals surface area contributed by atoms with Crippen LogP contribution in [0.5, 0.6) is 0 Å². The number of hydrogen-bond acceptors (Lipinski definition) is 4. The molecule has 2 aliphatic rings. The van der Waals surface area contributed by atoms with Crippen molar-refractivity contribution in [2.24, 2.45) is 5.92 Å². The molecule has 18 heavy (non-hydrogen) atoms. The Morgan fingerprint density at radius 1 is 1.39 bits per heavy atom. The van der Waals surface area contributed by atoms with Crippen molar-refractivity contribution in [2.75, 3.05) is 59.5 Å². The van der Waals surface area contributed by atoms with Gasteiger partial charge >= 0.3 is 0 Å². The molecule has 0 aromatic heterocycles. The first-order chi connectivity index (χ1) is 8.78. The lowest BCUT2D eigenvalue weighted by molar-refractivity contribution is -0.0369. The van der Waals surface area contributed by atoms with E-state index in [0.29, 0.717) is 6.10 Å². The molecule has 2 aliphatic heterocycles. The van der Waals surface area contributed by atoms with Gasteiger partial charge in [0.25, 0.3) is 0 Å². The highest BCUT2D eigenvalue weighted by Crippen LogP contribution is 2.13. The normalized spacial score (nSPS) is 30.8. The number of likely N-dealkylation sites (N-methyl/N-ethyl adjacent to an activating group) is 2. The van der Waals surface area contributed by atoms with E-state index in [4.69, 9.17) is 4.74 Å². The summed E-state index contributed by atoms with van der Waals surface area (Å²) in [6.45, 7) is 11.2. The van der Waals surface area contributed by atoms with Crippen LogP contribution in [0.3, 0.4) is 0 Å². The minimum Gasteiger partial charge on any atom is -0.374 e. The molecule has 106 valence electrons. The molecule has 0 radical (unpaired) electrons. The van der Waals surface area contributed by atoms with Crippen LogP contribution in [-0.4, -0.2) is 75.4 Å². The Morgan fingerprint density at radius 3 is 2.94 bits per heavy atom. The van der Waals surface area contributed by atoms with E-state index in [1.165, 1.54) is 32.5 Å². The molecule has 0 aromatic carbocycles. The van der Waals surface area contributed by atoms with Gasteiger partial charge in [-0.15, -0.1) is 0 Å². The molecule has 0 spiro atoms. The van der Waals surface area contributed by atoms with Gasteiger partial charge in [0, 0.05) is 26.2 Å². The standard InChI is InChI=1S/C14H29N3O/c1-3-17(10-13-5-4-6-15-9-13)12-14-11-16(2)7-8-18-14/h13-15H,3-12H2,1-2H3. The highest BCUT2D eigenvalue weighted by atomic mass is 16.5. The molecular formula is C14H29N3O. The molecule has 4 nitrogen and oxygen atoms in total. The summed E-state index contributed by atoms with van der Waals surface area (Å²) < 4.78 is 5.87. The Labute approximate surface area is 112 Å². The van der Waals surface area contributed by atoms with Gasteiger partial charge in [-0.3, -0.25) is 0 Å². The SMILES string of the molecule is CCN(CC1CCCNC1)CC1CN(C)CCO1. The summed E-state index contributed by atoms with van der Waals surface area (Å²) in [5, 5.41) is 3.51. The molecule has 2 atom stereocenters. The summed E-state index contributed by atoms with van der Waals surface area (Å²) in [4.78, 5) is 4.95. The van der Waals surface area contributed by atoms with Crippen molar-refractivity contribution in [1.29, 1.82) is 0 Å². The van der Waals surface area contributed by atoms with E-state index in [-0.39, 0.29) is 0 Å². The number of piperidine rings is 1. The number of ether oxygens (including phenoxy) is 1. The fourth-order valence-corrected chi connectivity index (χ4v) is 3.04. The molecule has 2 rings (SSSR count). The summed E-state index contributed by atoms with van der Waals surface area (Å²) in [7, 11) is 2.19. The van der Waals surface area contributed by atoms with Crippen molar-refractivity contribution in [3.05, 3.63) is 0 Å². The molecular weight excluding hydrogens is 226 g/mol. The van der Waals surface area contributed by atoms with E-state index in [1.54, 1.807) is 0 Å². The Hall–Kier alpha value is -0.160. The molecule has 0 bridgehead atoms. The Kier molecular flexibility index (Phi) is 5.89. The Bertz CT molecular complexity index is 231. The van der Waals surface area contributed by atoms with E-state index < -0.39 is 0 Å². The van der Waals surface area contributed by atoms with Crippen LogP contribution >= 0.6 is 0 Å². The second-order valence-electron chi connectivity index (χ2n) is 5.82. The Balaban J connectivity index is 1.73. The van der Waals surface area contributed by atoms with Crippen molar-refractivity contribution >= 4 is 0 Å². The lowest BCUT2D eigenvalue weighted by Gasteiger charge is -2.35. The van der Waals surface area contributed by atoms with Gasteiger partial charge in [-0.2, -0.15) is 0 Å². The zero-order valence-electron chi connectivity index (χ0n) is 12.0. The predicted octanol–water partition coefficient (Wildman–Crippen LogP) is 0.639. The minimum atomic E-state index is 0.403. The number of morpholine rings is 1. The van der Waals surface area contributed by atoms with E-state index in [9.17, 15) is 0 Å². The first kappa shape index (κ1) is 14.3. The van der Waals surface area contributed by atoms with Crippen molar-refractivity contribution in [3.63, 3.8) is 0 Å². The molecule has 0 amide bonds. The average Bonchev–Trinajstić information content (AvgIpc) is 2.39. The van der Waals surface area contributed by atoms with Crippen LogP contribution in [0.2, 0.25) is 0 Å². The second kappa shape index (κ2) is 7.43. The Morgan fingerprint density at radius 2 is 2.28 bits per heavy atom. The monoisotopic (exact) mass is 255 g/mol. The van der Waals surface area contributed by atoms with Crippen molar-refractivity contribution in [3.8, 4) is 0 Å². The van der Waals surface area contributed by atoms with Gasteiger partial charge in [0.05, 0.1) is 12.7 Å². The maximum absolute atomic E-state index is 5.87. The first-order valence-corrected chi connectivity index (χ1v) is 7.51. The molecule has 0 aliphatic carbocycles. The lowest BCUT2D eigenvalue weighted by Crippen LogP contribution is -2.47. The summed E-state index contributed by atoms with van der Waals surface area (Å²) in [6.07, 6.45) is 3.13.